The van der Waals surface area contributed by atoms with Gasteiger partial charge in [-0.2, -0.15) is 4.98 Å². The number of nitrogens with zero attached hydrogens (tertiary/aromatic N) is 2. The molecule has 0 amide bonds. The molecule has 2 rings (SSSR count). The molecule has 0 saturated heterocycles. The molecule has 0 aliphatic heterocycles. The number of rotatable bonds is 5. The standard InChI is InChI=1S/C13H12Cl2N2O2/c1-2-18-13-7-11(15)16-12(17-13)8-19-10-5-3-9(14)4-6-10/h3-7H,2,8H2,1H3. The molecular formula is C13H12Cl2N2O2. The number of hydrogen-bond donors (Lipinski definition) is 0. The number of aromatic nitrogens is 2. The maximum Gasteiger partial charge on any atom is 0.218 e. The number of benzene rings is 1. The summed E-state index contributed by atoms with van der Waals surface area (Å²) in [5.41, 5.74) is 0. The van der Waals surface area contributed by atoms with E-state index in [1.54, 1.807) is 30.3 Å². The minimum Gasteiger partial charge on any atom is -0.486 e. The van der Waals surface area contributed by atoms with Crippen LogP contribution in [0.4, 0.5) is 0 Å². The van der Waals surface area contributed by atoms with Gasteiger partial charge in [-0.15, -0.1) is 0 Å². The van der Waals surface area contributed by atoms with Crippen molar-refractivity contribution in [3.63, 3.8) is 0 Å². The van der Waals surface area contributed by atoms with Crippen LogP contribution in [0.25, 0.3) is 0 Å². The van der Waals surface area contributed by atoms with Crippen LogP contribution in [-0.2, 0) is 6.61 Å². The van der Waals surface area contributed by atoms with Crippen molar-refractivity contribution in [3.05, 3.63) is 46.3 Å². The van der Waals surface area contributed by atoms with Gasteiger partial charge in [0.2, 0.25) is 5.88 Å². The van der Waals surface area contributed by atoms with Gasteiger partial charge in [-0.1, -0.05) is 23.2 Å². The Hall–Kier alpha value is -1.52. The summed E-state index contributed by atoms with van der Waals surface area (Å²) >= 11 is 11.7. The fourth-order valence-corrected chi connectivity index (χ4v) is 1.72. The Balaban J connectivity index is 2.04. The van der Waals surface area contributed by atoms with Gasteiger partial charge in [-0.05, 0) is 31.2 Å². The molecule has 6 heteroatoms. The third-order valence-corrected chi connectivity index (χ3v) is 2.64. The highest BCUT2D eigenvalue weighted by atomic mass is 35.5. The average molecular weight is 299 g/mol. The van der Waals surface area contributed by atoms with Crippen molar-refractivity contribution >= 4 is 23.2 Å². The summed E-state index contributed by atoms with van der Waals surface area (Å²) in [4.78, 5) is 8.26. The zero-order valence-electron chi connectivity index (χ0n) is 10.3. The zero-order valence-corrected chi connectivity index (χ0v) is 11.8. The molecule has 0 radical (unpaired) electrons. The Morgan fingerprint density at radius 3 is 2.47 bits per heavy atom. The molecule has 100 valence electrons. The molecule has 0 saturated carbocycles. The summed E-state index contributed by atoms with van der Waals surface area (Å²) in [6.07, 6.45) is 0. The monoisotopic (exact) mass is 298 g/mol. The lowest BCUT2D eigenvalue weighted by Crippen LogP contribution is -2.04. The molecule has 0 fully saturated rings. The van der Waals surface area contributed by atoms with E-state index in [4.69, 9.17) is 32.7 Å². The molecule has 1 heterocycles. The van der Waals surface area contributed by atoms with Crippen molar-refractivity contribution in [1.29, 1.82) is 0 Å². The second kappa shape index (κ2) is 6.59. The molecule has 2 aromatic rings. The first kappa shape index (κ1) is 13.9. The average Bonchev–Trinajstić information content (AvgIpc) is 2.38. The maximum absolute atomic E-state index is 5.88. The largest absolute Gasteiger partial charge is 0.486 e. The SMILES string of the molecule is CCOc1cc(Cl)nc(COc2ccc(Cl)cc2)n1. The first-order chi connectivity index (χ1) is 9.17. The van der Waals surface area contributed by atoms with Gasteiger partial charge in [0.25, 0.3) is 0 Å². The highest BCUT2D eigenvalue weighted by molar-refractivity contribution is 6.30. The molecule has 0 unspecified atom stereocenters. The van der Waals surface area contributed by atoms with Crippen LogP contribution in [0.15, 0.2) is 30.3 Å². The van der Waals surface area contributed by atoms with Crippen LogP contribution in [0.2, 0.25) is 10.2 Å². The van der Waals surface area contributed by atoms with Crippen LogP contribution in [0.3, 0.4) is 0 Å². The summed E-state index contributed by atoms with van der Waals surface area (Å²) in [6.45, 7) is 2.60. The van der Waals surface area contributed by atoms with Gasteiger partial charge in [-0.3, -0.25) is 0 Å². The predicted octanol–water partition coefficient (Wildman–Crippen LogP) is 3.76. The molecule has 0 aliphatic carbocycles. The Morgan fingerprint density at radius 2 is 1.79 bits per heavy atom. The van der Waals surface area contributed by atoms with E-state index >= 15 is 0 Å². The third kappa shape index (κ3) is 4.26. The van der Waals surface area contributed by atoms with Gasteiger partial charge in [0.05, 0.1) is 6.61 Å². The van der Waals surface area contributed by atoms with Crippen LogP contribution < -0.4 is 9.47 Å². The third-order valence-electron chi connectivity index (χ3n) is 2.19. The van der Waals surface area contributed by atoms with E-state index in [9.17, 15) is 0 Å². The molecule has 4 nitrogen and oxygen atoms in total. The maximum atomic E-state index is 5.88. The van der Waals surface area contributed by atoms with E-state index in [1.807, 2.05) is 6.92 Å². The van der Waals surface area contributed by atoms with E-state index in [-0.39, 0.29) is 6.61 Å². The topological polar surface area (TPSA) is 44.2 Å². The molecule has 0 aliphatic rings. The van der Waals surface area contributed by atoms with E-state index in [1.165, 1.54) is 0 Å². The number of hydrogen-bond acceptors (Lipinski definition) is 4. The Morgan fingerprint density at radius 1 is 1.05 bits per heavy atom. The Bertz CT molecular complexity index is 547. The molecule has 1 aromatic carbocycles. The summed E-state index contributed by atoms with van der Waals surface area (Å²) in [6, 6.07) is 8.62. The van der Waals surface area contributed by atoms with Gasteiger partial charge in [0.1, 0.15) is 17.5 Å². The van der Waals surface area contributed by atoms with E-state index in [2.05, 4.69) is 9.97 Å². The van der Waals surface area contributed by atoms with Gasteiger partial charge in [0, 0.05) is 11.1 Å². The zero-order chi connectivity index (χ0) is 13.7. The van der Waals surface area contributed by atoms with Crippen molar-refractivity contribution in [2.75, 3.05) is 6.61 Å². The summed E-state index contributed by atoms with van der Waals surface area (Å²) < 4.78 is 10.8. The summed E-state index contributed by atoms with van der Waals surface area (Å²) in [5, 5.41) is 0.984. The highest BCUT2D eigenvalue weighted by Gasteiger charge is 2.05. The molecule has 0 atom stereocenters. The fraction of sp³-hybridized carbons (Fsp3) is 0.231. The minimum absolute atomic E-state index is 0.211. The van der Waals surface area contributed by atoms with Crippen LogP contribution in [-0.4, -0.2) is 16.6 Å². The molecule has 1 aromatic heterocycles. The second-order valence-electron chi connectivity index (χ2n) is 3.62. The Kier molecular flexibility index (Phi) is 4.82. The van der Waals surface area contributed by atoms with Gasteiger partial charge < -0.3 is 9.47 Å². The van der Waals surface area contributed by atoms with Crippen molar-refractivity contribution in [2.24, 2.45) is 0 Å². The van der Waals surface area contributed by atoms with Gasteiger partial charge in [0.15, 0.2) is 5.82 Å². The quantitative estimate of drug-likeness (QED) is 0.788. The van der Waals surface area contributed by atoms with Crippen LogP contribution in [0.5, 0.6) is 11.6 Å². The van der Waals surface area contributed by atoms with Gasteiger partial charge >= 0.3 is 0 Å². The summed E-state index contributed by atoms with van der Waals surface area (Å²) in [7, 11) is 0. The van der Waals surface area contributed by atoms with Crippen molar-refractivity contribution in [1.82, 2.24) is 9.97 Å². The Labute approximate surface area is 121 Å². The van der Waals surface area contributed by atoms with Crippen molar-refractivity contribution in [3.8, 4) is 11.6 Å². The normalized spacial score (nSPS) is 10.3. The lowest BCUT2D eigenvalue weighted by atomic mass is 10.3. The molecule has 0 N–H and O–H groups in total. The lowest BCUT2D eigenvalue weighted by Gasteiger charge is -2.07. The smallest absolute Gasteiger partial charge is 0.218 e. The molecule has 0 spiro atoms. The van der Waals surface area contributed by atoms with Crippen molar-refractivity contribution < 1.29 is 9.47 Å². The highest BCUT2D eigenvalue weighted by Crippen LogP contribution is 2.18. The first-order valence-corrected chi connectivity index (χ1v) is 6.47. The molecular weight excluding hydrogens is 287 g/mol. The predicted molar refractivity (Wildman–Crippen MR) is 74.0 cm³/mol. The molecule has 0 bridgehead atoms. The van der Waals surface area contributed by atoms with Crippen LogP contribution >= 0.6 is 23.2 Å². The molecule has 19 heavy (non-hydrogen) atoms. The van der Waals surface area contributed by atoms with Crippen molar-refractivity contribution in [2.45, 2.75) is 13.5 Å². The first-order valence-electron chi connectivity index (χ1n) is 5.72. The van der Waals surface area contributed by atoms with E-state index in [0.717, 1.165) is 0 Å². The number of halogens is 2. The number of ether oxygens (including phenoxy) is 2. The minimum atomic E-state index is 0.211. The second-order valence-corrected chi connectivity index (χ2v) is 4.44. The van der Waals surface area contributed by atoms with Crippen LogP contribution in [0.1, 0.15) is 12.7 Å². The van der Waals surface area contributed by atoms with Crippen LogP contribution in [0, 0.1) is 0 Å². The summed E-state index contributed by atoms with van der Waals surface area (Å²) in [5.74, 6) is 1.59. The van der Waals surface area contributed by atoms with Gasteiger partial charge in [-0.25, -0.2) is 4.98 Å². The van der Waals surface area contributed by atoms with E-state index < -0.39 is 0 Å². The fourth-order valence-electron chi connectivity index (χ4n) is 1.41. The lowest BCUT2D eigenvalue weighted by molar-refractivity contribution is 0.286. The van der Waals surface area contributed by atoms with E-state index in [0.29, 0.717) is 34.2 Å².